The van der Waals surface area contributed by atoms with Crippen molar-refractivity contribution in [3.05, 3.63) is 24.3 Å². The van der Waals surface area contributed by atoms with Crippen molar-refractivity contribution in [1.82, 2.24) is 14.1 Å². The maximum Gasteiger partial charge on any atom is 0.243 e. The van der Waals surface area contributed by atoms with Crippen LogP contribution in [0.5, 0.6) is 0 Å². The van der Waals surface area contributed by atoms with E-state index in [1.165, 1.54) is 25.9 Å². The number of sulfonamides is 1. The Kier molecular flexibility index (Phi) is 7.63. The first-order valence-electron chi connectivity index (χ1n) is 11.9. The molecule has 0 bridgehead atoms. The minimum absolute atomic E-state index is 0.0311. The van der Waals surface area contributed by atoms with E-state index >= 15 is 0 Å². The van der Waals surface area contributed by atoms with Gasteiger partial charge >= 0.3 is 0 Å². The van der Waals surface area contributed by atoms with Crippen LogP contribution in [0.3, 0.4) is 0 Å². The van der Waals surface area contributed by atoms with Gasteiger partial charge in [0.2, 0.25) is 15.9 Å². The zero-order valence-electron chi connectivity index (χ0n) is 18.5. The summed E-state index contributed by atoms with van der Waals surface area (Å²) in [4.78, 5) is 17.7. The van der Waals surface area contributed by atoms with Crippen molar-refractivity contribution in [2.45, 2.75) is 62.3 Å². The second-order valence-corrected chi connectivity index (χ2v) is 11.1. The number of rotatable bonds is 7. The Morgan fingerprint density at radius 3 is 2.19 bits per heavy atom. The molecule has 1 amide bonds. The van der Waals surface area contributed by atoms with Gasteiger partial charge < -0.3 is 10.2 Å². The van der Waals surface area contributed by atoms with Crippen molar-refractivity contribution in [3.63, 3.8) is 0 Å². The fourth-order valence-corrected chi connectivity index (χ4v) is 6.62. The Balaban J connectivity index is 1.31. The molecule has 1 aromatic rings. The van der Waals surface area contributed by atoms with E-state index in [2.05, 4.69) is 15.1 Å². The lowest BCUT2D eigenvalue weighted by Gasteiger charge is -2.27. The summed E-state index contributed by atoms with van der Waals surface area (Å²) < 4.78 is 27.4. The Labute approximate surface area is 186 Å². The fourth-order valence-electron chi connectivity index (χ4n) is 5.10. The summed E-state index contributed by atoms with van der Waals surface area (Å²) >= 11 is 0. The van der Waals surface area contributed by atoms with Crippen LogP contribution in [0.4, 0.5) is 5.69 Å². The van der Waals surface area contributed by atoms with E-state index in [9.17, 15) is 13.2 Å². The molecule has 0 aliphatic carbocycles. The van der Waals surface area contributed by atoms with Gasteiger partial charge in [-0.05, 0) is 82.4 Å². The highest BCUT2D eigenvalue weighted by Gasteiger charge is 2.29. The van der Waals surface area contributed by atoms with Gasteiger partial charge in [0, 0.05) is 31.4 Å². The minimum Gasteiger partial charge on any atom is -0.325 e. The normalized spacial score (nSPS) is 24.3. The molecule has 0 aromatic heterocycles. The Hall–Kier alpha value is -1.48. The third kappa shape index (κ3) is 5.86. The van der Waals surface area contributed by atoms with Crippen LogP contribution >= 0.6 is 0 Å². The van der Waals surface area contributed by atoms with Crippen molar-refractivity contribution in [2.24, 2.45) is 0 Å². The topological polar surface area (TPSA) is 73.0 Å². The van der Waals surface area contributed by atoms with Gasteiger partial charge in [0.15, 0.2) is 0 Å². The minimum atomic E-state index is -3.46. The van der Waals surface area contributed by atoms with Crippen LogP contribution in [-0.4, -0.2) is 80.3 Å². The molecule has 3 saturated heterocycles. The molecule has 0 radical (unpaired) electrons. The number of hydrogen-bond acceptors (Lipinski definition) is 5. The number of nitrogens with one attached hydrogen (secondary N) is 1. The summed E-state index contributed by atoms with van der Waals surface area (Å²) in [6, 6.07) is 7.09. The zero-order valence-corrected chi connectivity index (χ0v) is 19.3. The van der Waals surface area contributed by atoms with Crippen molar-refractivity contribution in [2.75, 3.05) is 51.1 Å². The number of benzene rings is 1. The molecule has 1 atom stereocenters. The van der Waals surface area contributed by atoms with E-state index in [1.807, 2.05) is 0 Å². The second kappa shape index (κ2) is 10.4. The quantitative estimate of drug-likeness (QED) is 0.694. The van der Waals surface area contributed by atoms with Crippen LogP contribution in [0.25, 0.3) is 0 Å². The third-order valence-corrected chi connectivity index (χ3v) is 8.77. The Bertz CT molecular complexity index is 829. The second-order valence-electron chi connectivity index (χ2n) is 9.17. The molecule has 7 nitrogen and oxygen atoms in total. The molecule has 31 heavy (non-hydrogen) atoms. The molecule has 0 spiro atoms. The molecule has 172 valence electrons. The molecule has 4 rings (SSSR count). The van der Waals surface area contributed by atoms with Gasteiger partial charge in [-0.1, -0.05) is 12.8 Å². The van der Waals surface area contributed by atoms with Gasteiger partial charge in [0.25, 0.3) is 0 Å². The molecule has 0 saturated carbocycles. The summed E-state index contributed by atoms with van der Waals surface area (Å²) in [6.07, 6.45) is 8.90. The lowest BCUT2D eigenvalue weighted by molar-refractivity contribution is -0.117. The van der Waals surface area contributed by atoms with Crippen LogP contribution in [-0.2, 0) is 14.8 Å². The van der Waals surface area contributed by atoms with Gasteiger partial charge in [0.1, 0.15) is 0 Å². The largest absolute Gasteiger partial charge is 0.325 e. The monoisotopic (exact) mass is 448 g/mol. The molecular formula is C23H36N4O3S. The third-order valence-electron chi connectivity index (χ3n) is 6.85. The average Bonchev–Trinajstić information content (AvgIpc) is 3.33. The van der Waals surface area contributed by atoms with Crippen LogP contribution in [0.1, 0.15) is 51.4 Å². The first kappa shape index (κ1) is 22.7. The van der Waals surface area contributed by atoms with Crippen LogP contribution in [0.15, 0.2) is 29.2 Å². The highest BCUT2D eigenvalue weighted by Crippen LogP contribution is 2.23. The summed E-state index contributed by atoms with van der Waals surface area (Å²) in [7, 11) is -3.46. The highest BCUT2D eigenvalue weighted by atomic mass is 32.2. The number of carbonyl (C=O) groups excluding carboxylic acids is 1. The van der Waals surface area contributed by atoms with E-state index in [0.29, 0.717) is 36.3 Å². The van der Waals surface area contributed by atoms with Gasteiger partial charge in [-0.15, -0.1) is 0 Å². The number of amides is 1. The smallest absolute Gasteiger partial charge is 0.243 e. The van der Waals surface area contributed by atoms with Crippen LogP contribution < -0.4 is 5.32 Å². The van der Waals surface area contributed by atoms with E-state index in [4.69, 9.17) is 0 Å². The predicted octanol–water partition coefficient (Wildman–Crippen LogP) is 2.75. The molecule has 3 fully saturated rings. The lowest BCUT2D eigenvalue weighted by atomic mass is 10.2. The summed E-state index contributed by atoms with van der Waals surface area (Å²) in [5.41, 5.74) is 0.648. The van der Waals surface area contributed by atoms with Gasteiger partial charge in [-0.3, -0.25) is 9.69 Å². The fraction of sp³-hybridized carbons (Fsp3) is 0.696. The van der Waals surface area contributed by atoms with E-state index in [1.54, 1.807) is 28.6 Å². The average molecular weight is 449 g/mol. The predicted molar refractivity (Wildman–Crippen MR) is 123 cm³/mol. The van der Waals surface area contributed by atoms with Gasteiger partial charge in [-0.25, -0.2) is 8.42 Å². The molecular weight excluding hydrogens is 412 g/mol. The number of hydrogen-bond donors (Lipinski definition) is 1. The summed E-state index contributed by atoms with van der Waals surface area (Å²) in [6.45, 7) is 5.98. The molecule has 3 aliphatic heterocycles. The Morgan fingerprint density at radius 1 is 0.871 bits per heavy atom. The van der Waals surface area contributed by atoms with Gasteiger partial charge in [-0.2, -0.15) is 4.31 Å². The van der Waals surface area contributed by atoms with Crippen LogP contribution in [0.2, 0.25) is 0 Å². The van der Waals surface area contributed by atoms with E-state index in [-0.39, 0.29) is 5.91 Å². The van der Waals surface area contributed by atoms with E-state index < -0.39 is 10.0 Å². The lowest BCUT2D eigenvalue weighted by Crippen LogP contribution is -2.42. The van der Waals surface area contributed by atoms with Crippen molar-refractivity contribution >= 4 is 21.6 Å². The molecule has 1 aromatic carbocycles. The first-order chi connectivity index (χ1) is 15.0. The molecule has 3 aliphatic rings. The van der Waals surface area contributed by atoms with Gasteiger partial charge in [0.05, 0.1) is 11.4 Å². The highest BCUT2D eigenvalue weighted by molar-refractivity contribution is 7.89. The number of carbonyl (C=O) groups is 1. The molecule has 1 unspecified atom stereocenters. The first-order valence-corrected chi connectivity index (χ1v) is 13.3. The summed E-state index contributed by atoms with van der Waals surface area (Å²) in [5.74, 6) is -0.0311. The number of nitrogens with zero attached hydrogens (tertiary/aromatic N) is 3. The number of likely N-dealkylation sites (tertiary alicyclic amines) is 2. The maximum atomic E-state index is 12.9. The Morgan fingerprint density at radius 2 is 1.52 bits per heavy atom. The van der Waals surface area contributed by atoms with Crippen molar-refractivity contribution in [3.8, 4) is 0 Å². The molecule has 1 N–H and O–H groups in total. The molecule has 8 heteroatoms. The van der Waals surface area contributed by atoms with Crippen LogP contribution in [0, 0.1) is 0 Å². The van der Waals surface area contributed by atoms with Crippen molar-refractivity contribution in [1.29, 1.82) is 0 Å². The maximum absolute atomic E-state index is 12.9. The SMILES string of the molecule is O=C(CN1CCCC1CN1CCCC1)Nc1ccc(S(=O)(=O)N2CCCCCC2)cc1. The zero-order chi connectivity index (χ0) is 21.7. The van der Waals surface area contributed by atoms with E-state index in [0.717, 1.165) is 51.6 Å². The van der Waals surface area contributed by atoms with Crippen molar-refractivity contribution < 1.29 is 13.2 Å². The standard InChI is InChI=1S/C23H36N4O3S/c28-23(19-26-15-7-8-21(26)18-25-13-5-6-14-25)24-20-9-11-22(12-10-20)31(29,30)27-16-3-1-2-4-17-27/h9-12,21H,1-8,13-19H2,(H,24,28). The number of anilines is 1. The summed E-state index contributed by atoms with van der Waals surface area (Å²) in [5, 5.41) is 2.95. The molecule has 3 heterocycles.